The first-order valence-electron chi connectivity index (χ1n) is 12.5. The number of piperazine rings is 1. The molecule has 3 amide bonds. The van der Waals surface area contributed by atoms with Gasteiger partial charge in [-0.15, -0.1) is 0 Å². The van der Waals surface area contributed by atoms with Crippen LogP contribution in [0.3, 0.4) is 0 Å². The first-order valence-corrected chi connectivity index (χ1v) is 12.5. The van der Waals surface area contributed by atoms with Gasteiger partial charge in [0.2, 0.25) is 0 Å². The van der Waals surface area contributed by atoms with E-state index in [0.717, 1.165) is 5.56 Å². The first kappa shape index (κ1) is 26.3. The SMILES string of the molecule is CCOC(=O)C1=C(CN2CCN(C(=O)c3ccc(C)cc3)[C@@H](C)C2)N(C)C(=O)N[C@@H]1c1cccc(F)c1. The third kappa shape index (κ3) is 5.67. The van der Waals surface area contributed by atoms with Crippen LogP contribution >= 0.6 is 0 Å². The van der Waals surface area contributed by atoms with Crippen LogP contribution in [-0.2, 0) is 9.53 Å². The van der Waals surface area contributed by atoms with E-state index in [1.807, 2.05) is 43.0 Å². The van der Waals surface area contributed by atoms with Crippen LogP contribution in [-0.4, -0.2) is 78.5 Å². The Balaban J connectivity index is 1.59. The van der Waals surface area contributed by atoms with Crippen LogP contribution in [0.15, 0.2) is 59.8 Å². The summed E-state index contributed by atoms with van der Waals surface area (Å²) in [5, 5.41) is 2.81. The minimum Gasteiger partial charge on any atom is -0.463 e. The van der Waals surface area contributed by atoms with Gasteiger partial charge in [-0.25, -0.2) is 14.0 Å². The van der Waals surface area contributed by atoms with Crippen LogP contribution in [0.25, 0.3) is 0 Å². The Morgan fingerprint density at radius 1 is 1.14 bits per heavy atom. The van der Waals surface area contributed by atoms with Crippen molar-refractivity contribution in [2.24, 2.45) is 0 Å². The summed E-state index contributed by atoms with van der Waals surface area (Å²) in [7, 11) is 1.60. The average molecular weight is 509 g/mol. The molecule has 37 heavy (non-hydrogen) atoms. The summed E-state index contributed by atoms with van der Waals surface area (Å²) >= 11 is 0. The van der Waals surface area contributed by atoms with E-state index in [0.29, 0.717) is 43.0 Å². The van der Waals surface area contributed by atoms with E-state index in [1.54, 1.807) is 26.1 Å². The number of nitrogens with zero attached hydrogens (tertiary/aromatic N) is 3. The second-order valence-electron chi connectivity index (χ2n) is 9.53. The summed E-state index contributed by atoms with van der Waals surface area (Å²) in [5.41, 5.74) is 2.99. The molecule has 1 fully saturated rings. The number of likely N-dealkylation sites (N-methyl/N-ethyl adjacent to an activating group) is 1. The van der Waals surface area contributed by atoms with E-state index >= 15 is 0 Å². The number of ether oxygens (including phenoxy) is 1. The Hall–Kier alpha value is -3.72. The quantitative estimate of drug-likeness (QED) is 0.604. The summed E-state index contributed by atoms with van der Waals surface area (Å²) in [6, 6.07) is 12.1. The van der Waals surface area contributed by atoms with Crippen molar-refractivity contribution in [1.82, 2.24) is 20.0 Å². The van der Waals surface area contributed by atoms with Crippen molar-refractivity contribution in [2.45, 2.75) is 32.9 Å². The molecule has 196 valence electrons. The molecule has 4 rings (SSSR count). The fourth-order valence-electron chi connectivity index (χ4n) is 4.89. The molecule has 0 bridgehead atoms. The third-order valence-electron chi connectivity index (χ3n) is 6.90. The summed E-state index contributed by atoms with van der Waals surface area (Å²) in [4.78, 5) is 44.5. The van der Waals surface area contributed by atoms with Gasteiger partial charge in [0.15, 0.2) is 0 Å². The lowest BCUT2D eigenvalue weighted by Gasteiger charge is -2.42. The van der Waals surface area contributed by atoms with Crippen LogP contribution < -0.4 is 5.32 Å². The van der Waals surface area contributed by atoms with Crippen molar-refractivity contribution < 1.29 is 23.5 Å². The highest BCUT2D eigenvalue weighted by Crippen LogP contribution is 2.32. The Bertz CT molecular complexity index is 1210. The smallest absolute Gasteiger partial charge is 0.338 e. The zero-order valence-corrected chi connectivity index (χ0v) is 21.7. The number of urea groups is 1. The summed E-state index contributed by atoms with van der Waals surface area (Å²) < 4.78 is 19.4. The molecular weight excluding hydrogens is 475 g/mol. The number of rotatable bonds is 6. The number of carbonyl (C=O) groups is 3. The number of halogens is 1. The molecule has 0 aliphatic carbocycles. The topological polar surface area (TPSA) is 82.2 Å². The van der Waals surface area contributed by atoms with Crippen LogP contribution in [0.2, 0.25) is 0 Å². The number of hydrogen-bond acceptors (Lipinski definition) is 5. The number of nitrogens with one attached hydrogen (secondary N) is 1. The molecule has 2 heterocycles. The van der Waals surface area contributed by atoms with Gasteiger partial charge >= 0.3 is 12.0 Å². The van der Waals surface area contributed by atoms with Crippen LogP contribution in [0.1, 0.15) is 41.4 Å². The van der Waals surface area contributed by atoms with Crippen molar-refractivity contribution in [3.05, 3.63) is 82.3 Å². The van der Waals surface area contributed by atoms with Crippen molar-refractivity contribution in [3.8, 4) is 0 Å². The number of carbonyl (C=O) groups excluding carboxylic acids is 3. The maximum absolute atomic E-state index is 14.0. The van der Waals surface area contributed by atoms with Gasteiger partial charge in [0.1, 0.15) is 5.82 Å². The number of esters is 1. The maximum Gasteiger partial charge on any atom is 0.338 e. The minimum atomic E-state index is -0.838. The predicted molar refractivity (Wildman–Crippen MR) is 137 cm³/mol. The fourth-order valence-corrected chi connectivity index (χ4v) is 4.89. The highest BCUT2D eigenvalue weighted by Gasteiger charge is 2.38. The molecule has 9 heteroatoms. The van der Waals surface area contributed by atoms with Gasteiger partial charge in [0, 0.05) is 50.5 Å². The van der Waals surface area contributed by atoms with Gasteiger partial charge in [0.25, 0.3) is 5.91 Å². The number of hydrogen-bond donors (Lipinski definition) is 1. The van der Waals surface area contributed by atoms with E-state index in [4.69, 9.17) is 4.74 Å². The molecule has 8 nitrogen and oxygen atoms in total. The highest BCUT2D eigenvalue weighted by molar-refractivity contribution is 5.95. The van der Waals surface area contributed by atoms with E-state index in [2.05, 4.69) is 10.2 Å². The van der Waals surface area contributed by atoms with Gasteiger partial charge in [-0.1, -0.05) is 29.8 Å². The summed E-state index contributed by atoms with van der Waals surface area (Å²) in [6.45, 7) is 7.81. The standard InChI is InChI=1S/C28H33FN4O4/c1-5-37-27(35)24-23(31(4)28(36)30-25(24)21-7-6-8-22(29)15-21)17-32-13-14-33(19(3)16-32)26(34)20-11-9-18(2)10-12-20/h6-12,15,19,25H,5,13-14,16-17H2,1-4H3,(H,30,36)/t19-,25+/m0/s1. The Morgan fingerprint density at radius 2 is 1.86 bits per heavy atom. The molecule has 0 spiro atoms. The largest absolute Gasteiger partial charge is 0.463 e. The van der Waals surface area contributed by atoms with E-state index in [1.165, 1.54) is 17.0 Å². The van der Waals surface area contributed by atoms with Crippen molar-refractivity contribution in [2.75, 3.05) is 39.8 Å². The van der Waals surface area contributed by atoms with Crippen LogP contribution in [0, 0.1) is 12.7 Å². The second kappa shape index (κ2) is 11.1. The first-order chi connectivity index (χ1) is 17.7. The lowest BCUT2D eigenvalue weighted by Crippen LogP contribution is -2.56. The van der Waals surface area contributed by atoms with Gasteiger partial charge in [-0.2, -0.15) is 0 Å². The fraction of sp³-hybridized carbons (Fsp3) is 0.393. The molecule has 2 aliphatic rings. The van der Waals surface area contributed by atoms with Gasteiger partial charge in [-0.3, -0.25) is 14.6 Å². The van der Waals surface area contributed by atoms with E-state index < -0.39 is 23.9 Å². The predicted octanol–water partition coefficient (Wildman–Crippen LogP) is 3.49. The van der Waals surface area contributed by atoms with Crippen molar-refractivity contribution in [1.29, 1.82) is 0 Å². The summed E-state index contributed by atoms with van der Waals surface area (Å²) in [5.74, 6) is -1.03. The molecule has 0 saturated carbocycles. The van der Waals surface area contributed by atoms with Gasteiger partial charge in [-0.05, 0) is 50.6 Å². The van der Waals surface area contributed by atoms with E-state index in [-0.39, 0.29) is 24.1 Å². The number of aryl methyl sites for hydroxylation is 1. The molecule has 1 N–H and O–H groups in total. The van der Waals surface area contributed by atoms with Crippen molar-refractivity contribution in [3.63, 3.8) is 0 Å². The normalized spacial score (nSPS) is 20.6. The lowest BCUT2D eigenvalue weighted by atomic mass is 9.94. The molecule has 1 saturated heterocycles. The zero-order chi connectivity index (χ0) is 26.7. The minimum absolute atomic E-state index is 0.0149. The Kier molecular flexibility index (Phi) is 7.92. The second-order valence-corrected chi connectivity index (χ2v) is 9.53. The van der Waals surface area contributed by atoms with Crippen LogP contribution in [0.4, 0.5) is 9.18 Å². The van der Waals surface area contributed by atoms with E-state index in [9.17, 15) is 18.8 Å². The Morgan fingerprint density at radius 3 is 2.51 bits per heavy atom. The molecule has 0 aromatic heterocycles. The maximum atomic E-state index is 14.0. The molecule has 2 atom stereocenters. The molecule has 2 aliphatic heterocycles. The number of benzene rings is 2. The molecule has 2 aromatic rings. The van der Waals surface area contributed by atoms with Gasteiger partial charge < -0.3 is 15.0 Å². The monoisotopic (exact) mass is 508 g/mol. The van der Waals surface area contributed by atoms with Crippen molar-refractivity contribution >= 4 is 17.9 Å². The third-order valence-corrected chi connectivity index (χ3v) is 6.90. The lowest BCUT2D eigenvalue weighted by molar-refractivity contribution is -0.139. The Labute approximate surface area is 216 Å². The summed E-state index contributed by atoms with van der Waals surface area (Å²) in [6.07, 6.45) is 0. The number of amides is 3. The highest BCUT2D eigenvalue weighted by atomic mass is 19.1. The van der Waals surface area contributed by atoms with Gasteiger partial charge in [0.05, 0.1) is 18.2 Å². The molecule has 0 radical (unpaired) electrons. The zero-order valence-electron chi connectivity index (χ0n) is 21.7. The molecule has 0 unspecified atom stereocenters. The van der Waals surface area contributed by atoms with Crippen LogP contribution in [0.5, 0.6) is 0 Å². The molecule has 2 aromatic carbocycles. The average Bonchev–Trinajstić information content (AvgIpc) is 2.87. The molecular formula is C28H33FN4O4.